The third-order valence-corrected chi connectivity index (χ3v) is 2.75. The molecule has 98 valence electrons. The normalized spacial score (nSPS) is 13.2. The summed E-state index contributed by atoms with van der Waals surface area (Å²) < 4.78 is 10.4. The lowest BCUT2D eigenvalue weighted by molar-refractivity contribution is 0.161. The molecule has 0 amide bonds. The highest BCUT2D eigenvalue weighted by molar-refractivity contribution is 4.99. The van der Waals surface area contributed by atoms with Gasteiger partial charge < -0.3 is 19.4 Å². The Kier molecular flexibility index (Phi) is 6.93. The van der Waals surface area contributed by atoms with Crippen LogP contribution in [0.3, 0.4) is 0 Å². The van der Waals surface area contributed by atoms with Gasteiger partial charge in [0.05, 0.1) is 12.9 Å². The smallest absolute Gasteiger partial charge is 0.105 e. The summed E-state index contributed by atoms with van der Waals surface area (Å²) in [5.74, 6) is 1.04. The Morgan fingerprint density at radius 3 is 2.94 bits per heavy atom. The Bertz CT molecular complexity index is 275. The van der Waals surface area contributed by atoms with Crippen molar-refractivity contribution in [3.05, 3.63) is 24.2 Å². The van der Waals surface area contributed by atoms with Gasteiger partial charge in [-0.15, -0.1) is 0 Å². The van der Waals surface area contributed by atoms with Gasteiger partial charge in [0.1, 0.15) is 5.76 Å². The highest BCUT2D eigenvalue weighted by Gasteiger charge is 2.05. The van der Waals surface area contributed by atoms with Gasteiger partial charge >= 0.3 is 0 Å². The predicted molar refractivity (Wildman–Crippen MR) is 69.2 cm³/mol. The van der Waals surface area contributed by atoms with Crippen LogP contribution in [-0.2, 0) is 11.2 Å². The summed E-state index contributed by atoms with van der Waals surface area (Å²) in [6.45, 7) is 5.97. The van der Waals surface area contributed by atoms with Gasteiger partial charge in [-0.3, -0.25) is 0 Å². The van der Waals surface area contributed by atoms with Crippen LogP contribution >= 0.6 is 0 Å². The number of nitrogens with one attached hydrogen (secondary N) is 1. The largest absolute Gasteiger partial charge is 0.469 e. The lowest BCUT2D eigenvalue weighted by Gasteiger charge is -2.18. The maximum atomic E-state index is 5.32. The van der Waals surface area contributed by atoms with E-state index in [-0.39, 0.29) is 0 Å². The molecule has 0 aliphatic heterocycles. The predicted octanol–water partition coefficient (Wildman–Crippen LogP) is 1.38. The molecule has 0 spiro atoms. The van der Waals surface area contributed by atoms with E-state index in [1.165, 1.54) is 0 Å². The standard InChI is InChI=1S/C13H24N2O2/c1-12(11-13-5-4-9-17-13)14-6-7-15(2)8-10-16-3/h4-5,9,12,14H,6-8,10-11H2,1-3H3. The first-order valence-electron chi connectivity index (χ1n) is 6.15. The number of nitrogens with zero attached hydrogens (tertiary/aromatic N) is 1. The summed E-state index contributed by atoms with van der Waals surface area (Å²) in [5, 5.41) is 3.49. The van der Waals surface area contributed by atoms with Gasteiger partial charge in [-0.1, -0.05) is 0 Å². The van der Waals surface area contributed by atoms with E-state index in [0.29, 0.717) is 6.04 Å². The van der Waals surface area contributed by atoms with Crippen molar-refractivity contribution >= 4 is 0 Å². The minimum atomic E-state index is 0.442. The number of ether oxygens (including phenoxy) is 1. The molecule has 0 aliphatic carbocycles. The highest BCUT2D eigenvalue weighted by Crippen LogP contribution is 2.03. The van der Waals surface area contributed by atoms with Crippen molar-refractivity contribution < 1.29 is 9.15 Å². The number of methoxy groups -OCH3 is 1. The lowest BCUT2D eigenvalue weighted by atomic mass is 10.2. The molecule has 1 heterocycles. The second-order valence-electron chi connectivity index (χ2n) is 4.43. The summed E-state index contributed by atoms with van der Waals surface area (Å²) in [6.07, 6.45) is 2.66. The molecule has 0 radical (unpaired) electrons. The molecule has 1 unspecified atom stereocenters. The topological polar surface area (TPSA) is 37.6 Å². The molecular formula is C13H24N2O2. The van der Waals surface area contributed by atoms with E-state index in [9.17, 15) is 0 Å². The average Bonchev–Trinajstić information content (AvgIpc) is 2.79. The molecule has 4 heteroatoms. The summed E-state index contributed by atoms with van der Waals surface area (Å²) in [4.78, 5) is 2.26. The molecule has 1 rings (SSSR count). The van der Waals surface area contributed by atoms with Gasteiger partial charge in [-0.2, -0.15) is 0 Å². The van der Waals surface area contributed by atoms with Gasteiger partial charge in [0.25, 0.3) is 0 Å². The maximum Gasteiger partial charge on any atom is 0.105 e. The molecule has 0 aliphatic rings. The van der Waals surface area contributed by atoms with Crippen molar-refractivity contribution in [2.24, 2.45) is 0 Å². The first-order chi connectivity index (χ1) is 8.22. The minimum Gasteiger partial charge on any atom is -0.469 e. The first kappa shape index (κ1) is 14.2. The van der Waals surface area contributed by atoms with E-state index in [1.54, 1.807) is 13.4 Å². The van der Waals surface area contributed by atoms with Gasteiger partial charge in [0, 0.05) is 39.2 Å². The second-order valence-corrected chi connectivity index (χ2v) is 4.43. The molecule has 0 aromatic carbocycles. The van der Waals surface area contributed by atoms with Crippen molar-refractivity contribution in [3.8, 4) is 0 Å². The maximum absolute atomic E-state index is 5.32. The number of furan rings is 1. The summed E-state index contributed by atoms with van der Waals surface area (Å²) >= 11 is 0. The molecule has 0 bridgehead atoms. The Morgan fingerprint density at radius 2 is 2.29 bits per heavy atom. The molecule has 1 aromatic rings. The molecule has 0 fully saturated rings. The van der Waals surface area contributed by atoms with E-state index < -0.39 is 0 Å². The van der Waals surface area contributed by atoms with Crippen LogP contribution in [0.2, 0.25) is 0 Å². The van der Waals surface area contributed by atoms with Crippen molar-refractivity contribution in [2.75, 3.05) is 40.4 Å². The van der Waals surface area contributed by atoms with Gasteiger partial charge in [-0.25, -0.2) is 0 Å². The van der Waals surface area contributed by atoms with Gasteiger partial charge in [-0.05, 0) is 26.1 Å². The second kappa shape index (κ2) is 8.28. The van der Waals surface area contributed by atoms with Crippen LogP contribution in [0.4, 0.5) is 0 Å². The molecule has 4 nitrogen and oxygen atoms in total. The fourth-order valence-corrected chi connectivity index (χ4v) is 1.66. The fourth-order valence-electron chi connectivity index (χ4n) is 1.66. The van der Waals surface area contributed by atoms with Crippen molar-refractivity contribution in [1.82, 2.24) is 10.2 Å². The van der Waals surface area contributed by atoms with Crippen LogP contribution in [0.25, 0.3) is 0 Å². The minimum absolute atomic E-state index is 0.442. The Hall–Kier alpha value is -0.840. The summed E-state index contributed by atoms with van der Waals surface area (Å²) in [5.41, 5.74) is 0. The van der Waals surface area contributed by atoms with Gasteiger partial charge in [0.2, 0.25) is 0 Å². The van der Waals surface area contributed by atoms with E-state index in [0.717, 1.165) is 38.4 Å². The molecular weight excluding hydrogens is 216 g/mol. The Balaban J connectivity index is 2.05. The number of hydrogen-bond donors (Lipinski definition) is 1. The summed E-state index contributed by atoms with van der Waals surface area (Å²) in [6, 6.07) is 4.39. The molecule has 1 atom stereocenters. The quantitative estimate of drug-likeness (QED) is 0.707. The van der Waals surface area contributed by atoms with Crippen LogP contribution in [0.1, 0.15) is 12.7 Å². The molecule has 0 saturated heterocycles. The third kappa shape index (κ3) is 6.46. The zero-order valence-corrected chi connectivity index (χ0v) is 11.1. The van der Waals surface area contributed by atoms with Crippen LogP contribution in [0.15, 0.2) is 22.8 Å². The third-order valence-electron chi connectivity index (χ3n) is 2.75. The molecule has 1 N–H and O–H groups in total. The average molecular weight is 240 g/mol. The van der Waals surface area contributed by atoms with E-state index in [4.69, 9.17) is 9.15 Å². The van der Waals surface area contributed by atoms with Crippen LogP contribution in [-0.4, -0.2) is 51.3 Å². The Labute approximate surface area is 104 Å². The summed E-state index contributed by atoms with van der Waals surface area (Å²) in [7, 11) is 3.84. The van der Waals surface area contributed by atoms with Crippen LogP contribution in [0, 0.1) is 0 Å². The Morgan fingerprint density at radius 1 is 1.47 bits per heavy atom. The highest BCUT2D eigenvalue weighted by atomic mass is 16.5. The SMILES string of the molecule is COCCN(C)CCNC(C)Cc1ccco1. The van der Waals surface area contributed by atoms with Gasteiger partial charge in [0.15, 0.2) is 0 Å². The van der Waals surface area contributed by atoms with Crippen LogP contribution in [0.5, 0.6) is 0 Å². The monoisotopic (exact) mass is 240 g/mol. The van der Waals surface area contributed by atoms with Crippen LogP contribution < -0.4 is 5.32 Å². The number of hydrogen-bond acceptors (Lipinski definition) is 4. The van der Waals surface area contributed by atoms with E-state index in [1.807, 2.05) is 12.1 Å². The van der Waals surface area contributed by atoms with Crippen molar-refractivity contribution in [3.63, 3.8) is 0 Å². The fraction of sp³-hybridized carbons (Fsp3) is 0.692. The zero-order chi connectivity index (χ0) is 12.5. The molecule has 1 aromatic heterocycles. The van der Waals surface area contributed by atoms with Crippen molar-refractivity contribution in [2.45, 2.75) is 19.4 Å². The van der Waals surface area contributed by atoms with E-state index >= 15 is 0 Å². The lowest BCUT2D eigenvalue weighted by Crippen LogP contribution is -2.36. The van der Waals surface area contributed by atoms with E-state index in [2.05, 4.69) is 24.2 Å². The first-order valence-corrected chi connectivity index (χ1v) is 6.15. The zero-order valence-electron chi connectivity index (χ0n) is 11.1. The molecule has 17 heavy (non-hydrogen) atoms. The number of rotatable bonds is 9. The number of likely N-dealkylation sites (N-methyl/N-ethyl adjacent to an activating group) is 1. The van der Waals surface area contributed by atoms with Crippen molar-refractivity contribution in [1.29, 1.82) is 0 Å². The molecule has 0 saturated carbocycles.